The molecule has 1 N–H and O–H groups in total. The summed E-state index contributed by atoms with van der Waals surface area (Å²) in [5, 5.41) is 8.91. The van der Waals surface area contributed by atoms with E-state index in [-0.39, 0.29) is 38.5 Å². The topological polar surface area (TPSA) is 93.1 Å². The first-order valence-corrected chi connectivity index (χ1v) is 6.87. The van der Waals surface area contributed by atoms with E-state index in [0.717, 1.165) is 0 Å². The minimum Gasteiger partial charge on any atom is -0.469 e. The Bertz CT molecular complexity index is 354. The maximum Gasteiger partial charge on any atom is 0.306 e. The quantitative estimate of drug-likeness (QED) is 0.614. The van der Waals surface area contributed by atoms with E-state index in [4.69, 9.17) is 9.84 Å². The largest absolute Gasteiger partial charge is 0.469 e. The van der Waals surface area contributed by atoms with Gasteiger partial charge in [0.1, 0.15) is 0 Å². The van der Waals surface area contributed by atoms with Gasteiger partial charge in [0.15, 0.2) is 0 Å². The Balaban J connectivity index is 2.54. The van der Waals surface area contributed by atoms with Crippen molar-refractivity contribution >= 4 is 16.0 Å². The van der Waals surface area contributed by atoms with E-state index in [1.165, 1.54) is 11.4 Å². The molecular formula is C9H17NO6S. The molecule has 1 fully saturated rings. The van der Waals surface area contributed by atoms with E-state index in [1.54, 1.807) is 0 Å². The first-order chi connectivity index (χ1) is 7.99. The fourth-order valence-corrected chi connectivity index (χ4v) is 2.93. The smallest absolute Gasteiger partial charge is 0.306 e. The average molecular weight is 267 g/mol. The van der Waals surface area contributed by atoms with Crippen LogP contribution in [0, 0.1) is 0 Å². The van der Waals surface area contributed by atoms with Crippen LogP contribution >= 0.6 is 0 Å². The molecule has 0 aromatic rings. The second-order valence-corrected chi connectivity index (χ2v) is 5.76. The molecule has 0 amide bonds. The predicted octanol–water partition coefficient (Wildman–Crippen LogP) is -1.43. The molecule has 1 heterocycles. The number of aliphatic hydroxyl groups is 1. The number of hydrogen-bond acceptors (Lipinski definition) is 6. The molecule has 7 nitrogen and oxygen atoms in total. The van der Waals surface area contributed by atoms with E-state index >= 15 is 0 Å². The fourth-order valence-electron chi connectivity index (χ4n) is 1.50. The number of esters is 1. The minimum absolute atomic E-state index is 0.125. The highest BCUT2D eigenvalue weighted by molar-refractivity contribution is 7.89. The second-order valence-electron chi connectivity index (χ2n) is 3.68. The SMILES string of the molecule is COC(=O)CCS(=O)(=O)N1CCOC(CO)C1. The van der Waals surface area contributed by atoms with Gasteiger partial charge in [0.25, 0.3) is 0 Å². The Morgan fingerprint density at radius 2 is 2.29 bits per heavy atom. The van der Waals surface area contributed by atoms with Crippen LogP contribution in [-0.4, -0.2) is 69.1 Å². The highest BCUT2D eigenvalue weighted by Gasteiger charge is 2.29. The van der Waals surface area contributed by atoms with Crippen LogP contribution < -0.4 is 0 Å². The number of morpholine rings is 1. The molecule has 1 rings (SSSR count). The zero-order valence-corrected chi connectivity index (χ0v) is 10.5. The van der Waals surface area contributed by atoms with Crippen molar-refractivity contribution in [1.29, 1.82) is 0 Å². The van der Waals surface area contributed by atoms with Gasteiger partial charge in [-0.05, 0) is 0 Å². The minimum atomic E-state index is -3.49. The van der Waals surface area contributed by atoms with Crippen molar-refractivity contribution in [3.05, 3.63) is 0 Å². The fraction of sp³-hybridized carbons (Fsp3) is 0.889. The molecule has 17 heavy (non-hydrogen) atoms. The van der Waals surface area contributed by atoms with Crippen molar-refractivity contribution in [2.45, 2.75) is 12.5 Å². The molecule has 100 valence electrons. The molecule has 0 aliphatic carbocycles. The van der Waals surface area contributed by atoms with E-state index in [2.05, 4.69) is 4.74 Å². The highest BCUT2D eigenvalue weighted by Crippen LogP contribution is 2.11. The summed E-state index contributed by atoms with van der Waals surface area (Å²) in [7, 11) is -2.28. The van der Waals surface area contributed by atoms with Gasteiger partial charge in [0.2, 0.25) is 10.0 Å². The number of rotatable bonds is 5. The molecule has 0 bridgehead atoms. The van der Waals surface area contributed by atoms with Gasteiger partial charge in [-0.25, -0.2) is 8.42 Å². The molecule has 1 unspecified atom stereocenters. The number of aliphatic hydroxyl groups excluding tert-OH is 1. The zero-order chi connectivity index (χ0) is 12.9. The van der Waals surface area contributed by atoms with Crippen LogP contribution in [0.15, 0.2) is 0 Å². The van der Waals surface area contributed by atoms with E-state index in [0.29, 0.717) is 0 Å². The third-order valence-corrected chi connectivity index (χ3v) is 4.33. The van der Waals surface area contributed by atoms with Crippen molar-refractivity contribution in [2.75, 3.05) is 39.2 Å². The number of methoxy groups -OCH3 is 1. The maximum atomic E-state index is 11.8. The van der Waals surface area contributed by atoms with Crippen molar-refractivity contribution < 1.29 is 27.8 Å². The van der Waals surface area contributed by atoms with Crippen molar-refractivity contribution in [3.8, 4) is 0 Å². The van der Waals surface area contributed by atoms with E-state index in [9.17, 15) is 13.2 Å². The van der Waals surface area contributed by atoms with Crippen molar-refractivity contribution in [2.24, 2.45) is 0 Å². The lowest BCUT2D eigenvalue weighted by Gasteiger charge is -2.31. The third kappa shape index (κ3) is 4.23. The normalized spacial score (nSPS) is 22.4. The Morgan fingerprint density at radius 1 is 1.59 bits per heavy atom. The molecule has 1 aliphatic rings. The number of ether oxygens (including phenoxy) is 2. The Kier molecular flexibility index (Phi) is 5.31. The average Bonchev–Trinajstić information content (AvgIpc) is 2.36. The van der Waals surface area contributed by atoms with Crippen LogP contribution in [0.3, 0.4) is 0 Å². The Labute approximate surface area is 100 Å². The zero-order valence-electron chi connectivity index (χ0n) is 9.66. The molecule has 1 aliphatic heterocycles. The van der Waals surface area contributed by atoms with Gasteiger partial charge in [0, 0.05) is 13.1 Å². The van der Waals surface area contributed by atoms with Gasteiger partial charge < -0.3 is 14.6 Å². The van der Waals surface area contributed by atoms with Gasteiger partial charge >= 0.3 is 5.97 Å². The number of sulfonamides is 1. The number of hydrogen-bond donors (Lipinski definition) is 1. The first kappa shape index (κ1) is 14.4. The van der Waals surface area contributed by atoms with Crippen LogP contribution in [0.1, 0.15) is 6.42 Å². The van der Waals surface area contributed by atoms with Crippen molar-refractivity contribution in [1.82, 2.24) is 4.31 Å². The third-order valence-electron chi connectivity index (χ3n) is 2.49. The van der Waals surface area contributed by atoms with Gasteiger partial charge in [-0.2, -0.15) is 4.31 Å². The summed E-state index contributed by atoms with van der Waals surface area (Å²) in [5.41, 5.74) is 0. The summed E-state index contributed by atoms with van der Waals surface area (Å²) in [6.07, 6.45) is -0.656. The number of carbonyl (C=O) groups is 1. The molecule has 0 spiro atoms. The van der Waals surface area contributed by atoms with Crippen LogP contribution in [0.25, 0.3) is 0 Å². The highest BCUT2D eigenvalue weighted by atomic mass is 32.2. The number of nitrogens with zero attached hydrogens (tertiary/aromatic N) is 1. The summed E-state index contributed by atoms with van der Waals surface area (Å²) < 4.78 is 34.5. The van der Waals surface area contributed by atoms with Gasteiger partial charge in [-0.3, -0.25) is 4.79 Å². The lowest BCUT2D eigenvalue weighted by molar-refractivity contribution is -0.140. The predicted molar refractivity (Wildman–Crippen MR) is 58.8 cm³/mol. The summed E-state index contributed by atoms with van der Waals surface area (Å²) in [6.45, 7) is 0.408. The van der Waals surface area contributed by atoms with Crippen LogP contribution in [-0.2, 0) is 24.3 Å². The van der Waals surface area contributed by atoms with Crippen molar-refractivity contribution in [3.63, 3.8) is 0 Å². The van der Waals surface area contributed by atoms with E-state index in [1.807, 2.05) is 0 Å². The van der Waals surface area contributed by atoms with Crippen LogP contribution in [0.4, 0.5) is 0 Å². The second kappa shape index (κ2) is 6.29. The lowest BCUT2D eigenvalue weighted by Crippen LogP contribution is -2.47. The summed E-state index contributed by atoms with van der Waals surface area (Å²) in [4.78, 5) is 10.9. The summed E-state index contributed by atoms with van der Waals surface area (Å²) in [5.74, 6) is -0.835. The Morgan fingerprint density at radius 3 is 2.88 bits per heavy atom. The molecule has 0 aromatic heterocycles. The summed E-state index contributed by atoms with van der Waals surface area (Å²) in [6, 6.07) is 0. The molecular weight excluding hydrogens is 250 g/mol. The number of carbonyl (C=O) groups excluding carboxylic acids is 1. The summed E-state index contributed by atoms with van der Waals surface area (Å²) >= 11 is 0. The molecule has 1 saturated heterocycles. The standard InChI is InChI=1S/C9H17NO6S/c1-15-9(12)2-5-17(13,14)10-3-4-16-8(6-10)7-11/h8,11H,2-7H2,1H3. The lowest BCUT2D eigenvalue weighted by atomic mass is 10.3. The molecule has 8 heteroatoms. The molecule has 0 aromatic carbocycles. The molecule has 0 saturated carbocycles. The van der Waals surface area contributed by atoms with Crippen LogP contribution in [0.2, 0.25) is 0 Å². The van der Waals surface area contributed by atoms with Gasteiger partial charge in [0.05, 0.1) is 38.6 Å². The molecule has 0 radical (unpaired) electrons. The maximum absolute atomic E-state index is 11.8. The monoisotopic (exact) mass is 267 g/mol. The Hall–Kier alpha value is -0.700. The van der Waals surface area contributed by atoms with Gasteiger partial charge in [-0.15, -0.1) is 0 Å². The van der Waals surface area contributed by atoms with Gasteiger partial charge in [-0.1, -0.05) is 0 Å². The van der Waals surface area contributed by atoms with E-state index < -0.39 is 22.1 Å². The first-order valence-electron chi connectivity index (χ1n) is 5.26. The molecule has 1 atom stereocenters. The van der Waals surface area contributed by atoms with Crippen LogP contribution in [0.5, 0.6) is 0 Å².